The molecule has 1 atom stereocenters. The number of carbonyl (C=O) groups is 2. The molecule has 7 nitrogen and oxygen atoms in total. The van der Waals surface area contributed by atoms with Gasteiger partial charge >= 0.3 is 5.69 Å². The molecule has 5 rings (SSSR count). The Morgan fingerprint density at radius 2 is 1.66 bits per heavy atom. The van der Waals surface area contributed by atoms with Crippen LogP contribution in [0.3, 0.4) is 0 Å². The SMILES string of the molecule is Cn1c(=O)n(C)c2cc(NC(=O)c3ccc(C4SCC(=O)N4CCc4ccccc4)cc3)ccc21. The first-order chi connectivity index (χ1) is 16.9. The molecule has 1 aromatic heterocycles. The van der Waals surface area contributed by atoms with Gasteiger partial charge in [0.15, 0.2) is 0 Å². The lowest BCUT2D eigenvalue weighted by molar-refractivity contribution is -0.128. The van der Waals surface area contributed by atoms with Crippen LogP contribution in [0.4, 0.5) is 5.69 Å². The van der Waals surface area contributed by atoms with Crippen LogP contribution in [0, 0.1) is 0 Å². The van der Waals surface area contributed by atoms with Gasteiger partial charge in [-0.3, -0.25) is 18.7 Å². The number of amides is 2. The van der Waals surface area contributed by atoms with Crippen molar-refractivity contribution in [2.24, 2.45) is 14.1 Å². The first-order valence-electron chi connectivity index (χ1n) is 11.4. The van der Waals surface area contributed by atoms with E-state index in [1.54, 1.807) is 59.3 Å². The van der Waals surface area contributed by atoms with E-state index in [2.05, 4.69) is 17.4 Å². The zero-order chi connectivity index (χ0) is 24.5. The molecule has 0 saturated carbocycles. The van der Waals surface area contributed by atoms with E-state index in [4.69, 9.17) is 0 Å². The smallest absolute Gasteiger partial charge is 0.326 e. The number of nitrogens with one attached hydrogen (secondary N) is 1. The highest BCUT2D eigenvalue weighted by Crippen LogP contribution is 2.38. The highest BCUT2D eigenvalue weighted by Gasteiger charge is 2.32. The molecule has 2 heterocycles. The molecule has 0 spiro atoms. The van der Waals surface area contributed by atoms with Crippen LogP contribution in [0.5, 0.6) is 0 Å². The molecule has 1 unspecified atom stereocenters. The van der Waals surface area contributed by atoms with Crippen LogP contribution >= 0.6 is 11.8 Å². The minimum absolute atomic E-state index is 0.0508. The van der Waals surface area contributed by atoms with Gasteiger partial charge in [-0.05, 0) is 47.9 Å². The van der Waals surface area contributed by atoms with Crippen LogP contribution in [0.15, 0.2) is 77.6 Å². The molecule has 1 N–H and O–H groups in total. The van der Waals surface area contributed by atoms with E-state index in [1.165, 1.54) is 5.56 Å². The summed E-state index contributed by atoms with van der Waals surface area (Å²) in [5.41, 5.74) is 4.81. The van der Waals surface area contributed by atoms with Gasteiger partial charge in [0.2, 0.25) is 5.91 Å². The molecular formula is C27H26N4O3S. The number of fused-ring (bicyclic) bond motifs is 1. The van der Waals surface area contributed by atoms with E-state index in [0.717, 1.165) is 23.0 Å². The number of hydrogen-bond donors (Lipinski definition) is 1. The molecule has 0 radical (unpaired) electrons. The Hall–Kier alpha value is -3.78. The number of anilines is 1. The highest BCUT2D eigenvalue weighted by molar-refractivity contribution is 8.00. The number of benzene rings is 3. The lowest BCUT2D eigenvalue weighted by Gasteiger charge is -2.24. The lowest BCUT2D eigenvalue weighted by Crippen LogP contribution is -2.30. The Bertz CT molecular complexity index is 1460. The largest absolute Gasteiger partial charge is 0.328 e. The Morgan fingerprint density at radius 3 is 2.40 bits per heavy atom. The van der Waals surface area contributed by atoms with E-state index in [0.29, 0.717) is 23.5 Å². The normalized spacial score (nSPS) is 15.7. The van der Waals surface area contributed by atoms with Crippen LogP contribution in [0.25, 0.3) is 11.0 Å². The van der Waals surface area contributed by atoms with Crippen LogP contribution < -0.4 is 11.0 Å². The quantitative estimate of drug-likeness (QED) is 0.448. The highest BCUT2D eigenvalue weighted by atomic mass is 32.2. The van der Waals surface area contributed by atoms with Gasteiger partial charge < -0.3 is 10.2 Å². The summed E-state index contributed by atoms with van der Waals surface area (Å²) in [5.74, 6) is 0.378. The number of imidazole rings is 1. The Morgan fingerprint density at radius 1 is 0.943 bits per heavy atom. The lowest BCUT2D eigenvalue weighted by atomic mass is 10.1. The van der Waals surface area contributed by atoms with Crippen molar-refractivity contribution in [1.82, 2.24) is 14.0 Å². The van der Waals surface area contributed by atoms with Crippen LogP contribution in [-0.2, 0) is 25.3 Å². The van der Waals surface area contributed by atoms with Gasteiger partial charge in [0.25, 0.3) is 5.91 Å². The van der Waals surface area contributed by atoms with Crippen molar-refractivity contribution >= 4 is 40.3 Å². The maximum Gasteiger partial charge on any atom is 0.328 e. The molecule has 1 fully saturated rings. The molecule has 1 saturated heterocycles. The summed E-state index contributed by atoms with van der Waals surface area (Å²) >= 11 is 1.62. The van der Waals surface area contributed by atoms with Gasteiger partial charge in [-0.2, -0.15) is 0 Å². The van der Waals surface area contributed by atoms with Crippen molar-refractivity contribution in [1.29, 1.82) is 0 Å². The number of thioether (sulfide) groups is 1. The van der Waals surface area contributed by atoms with E-state index in [-0.39, 0.29) is 22.9 Å². The fourth-order valence-corrected chi connectivity index (χ4v) is 5.67. The maximum atomic E-state index is 12.9. The van der Waals surface area contributed by atoms with Gasteiger partial charge in [0.05, 0.1) is 16.8 Å². The van der Waals surface area contributed by atoms with Crippen molar-refractivity contribution in [2.75, 3.05) is 17.6 Å². The number of nitrogens with zero attached hydrogens (tertiary/aromatic N) is 3. The molecule has 1 aliphatic heterocycles. The average molecular weight is 487 g/mol. The third-order valence-corrected chi connectivity index (χ3v) is 7.70. The van der Waals surface area contributed by atoms with E-state index < -0.39 is 0 Å². The van der Waals surface area contributed by atoms with Crippen molar-refractivity contribution in [3.8, 4) is 0 Å². The predicted octanol–water partition coefficient (Wildman–Crippen LogP) is 3.95. The second kappa shape index (κ2) is 9.46. The summed E-state index contributed by atoms with van der Waals surface area (Å²) in [7, 11) is 3.44. The monoisotopic (exact) mass is 486 g/mol. The van der Waals surface area contributed by atoms with Gasteiger partial charge in [-0.15, -0.1) is 11.8 Å². The number of aryl methyl sites for hydroxylation is 2. The Kier molecular flexibility index (Phi) is 6.21. The third kappa shape index (κ3) is 4.49. The molecule has 2 amide bonds. The topological polar surface area (TPSA) is 76.3 Å². The van der Waals surface area contributed by atoms with Gasteiger partial charge in [-0.25, -0.2) is 4.79 Å². The second-order valence-corrected chi connectivity index (χ2v) is 9.73. The molecule has 35 heavy (non-hydrogen) atoms. The number of carbonyl (C=O) groups excluding carboxylic acids is 2. The minimum Gasteiger partial charge on any atom is -0.326 e. The summed E-state index contributed by atoms with van der Waals surface area (Å²) in [6.07, 6.45) is 0.807. The first kappa shape index (κ1) is 23.0. The molecular weight excluding hydrogens is 460 g/mol. The fraction of sp³-hybridized carbons (Fsp3) is 0.222. The summed E-state index contributed by atoms with van der Waals surface area (Å²) in [6, 6.07) is 23.0. The van der Waals surface area contributed by atoms with E-state index >= 15 is 0 Å². The van der Waals surface area contributed by atoms with Crippen molar-refractivity contribution in [2.45, 2.75) is 11.8 Å². The fourth-order valence-electron chi connectivity index (χ4n) is 4.45. The predicted molar refractivity (Wildman–Crippen MR) is 140 cm³/mol. The number of rotatable bonds is 6. The molecule has 0 bridgehead atoms. The average Bonchev–Trinajstić information content (AvgIpc) is 3.35. The van der Waals surface area contributed by atoms with Crippen molar-refractivity contribution < 1.29 is 9.59 Å². The molecule has 178 valence electrons. The number of hydrogen-bond acceptors (Lipinski definition) is 4. The van der Waals surface area contributed by atoms with Gasteiger partial charge in [-0.1, -0.05) is 42.5 Å². The van der Waals surface area contributed by atoms with Crippen LogP contribution in [0.2, 0.25) is 0 Å². The molecule has 3 aromatic carbocycles. The molecule has 4 aromatic rings. The minimum atomic E-state index is -0.229. The summed E-state index contributed by atoms with van der Waals surface area (Å²) in [5, 5.41) is 2.87. The summed E-state index contributed by atoms with van der Waals surface area (Å²) < 4.78 is 3.14. The second-order valence-electron chi connectivity index (χ2n) is 8.67. The standard InChI is InChI=1S/C27H26N4O3S/c1-29-22-13-12-21(16-23(22)30(2)27(29)34)28-25(33)19-8-10-20(11-9-19)26-31(24(32)17-35-26)15-14-18-6-4-3-5-7-18/h3-13,16,26H,14-15,17H2,1-2H3,(H,28,33). The van der Waals surface area contributed by atoms with Gasteiger partial charge in [0.1, 0.15) is 5.37 Å². The summed E-state index contributed by atoms with van der Waals surface area (Å²) in [4.78, 5) is 39.5. The Balaban J connectivity index is 1.28. The van der Waals surface area contributed by atoms with Crippen LogP contribution in [0.1, 0.15) is 26.9 Å². The zero-order valence-electron chi connectivity index (χ0n) is 19.6. The molecule has 8 heteroatoms. The zero-order valence-corrected chi connectivity index (χ0v) is 20.4. The van der Waals surface area contributed by atoms with Crippen molar-refractivity contribution in [3.63, 3.8) is 0 Å². The third-order valence-electron chi connectivity index (χ3n) is 6.44. The first-order valence-corrected chi connectivity index (χ1v) is 12.5. The van der Waals surface area contributed by atoms with Crippen LogP contribution in [-0.4, -0.2) is 38.1 Å². The molecule has 1 aliphatic rings. The van der Waals surface area contributed by atoms with Crippen molar-refractivity contribution in [3.05, 3.63) is 100.0 Å². The van der Waals surface area contributed by atoms with E-state index in [1.807, 2.05) is 41.3 Å². The maximum absolute atomic E-state index is 12.9. The summed E-state index contributed by atoms with van der Waals surface area (Å²) in [6.45, 7) is 0.660. The van der Waals surface area contributed by atoms with Gasteiger partial charge in [0, 0.05) is 31.9 Å². The Labute approximate surface area is 207 Å². The number of aromatic nitrogens is 2. The van der Waals surface area contributed by atoms with E-state index in [9.17, 15) is 14.4 Å². The molecule has 0 aliphatic carbocycles.